The van der Waals surface area contributed by atoms with E-state index in [4.69, 9.17) is 11.6 Å². The molecule has 1 unspecified atom stereocenters. The summed E-state index contributed by atoms with van der Waals surface area (Å²) in [6, 6.07) is 10.8. The van der Waals surface area contributed by atoms with Crippen LogP contribution in [0.2, 0.25) is 5.02 Å². The third kappa shape index (κ3) is 2.72. The second kappa shape index (κ2) is 5.19. The molecule has 0 saturated heterocycles. The molecular formula is C13H12ClNO3S. The number of nitrogens with zero attached hydrogens (tertiary/aromatic N) is 1. The maximum atomic E-state index is 12.4. The molecule has 6 heteroatoms. The lowest BCUT2D eigenvalue weighted by Crippen LogP contribution is -2.34. The summed E-state index contributed by atoms with van der Waals surface area (Å²) < 4.78 is 25.1. The Balaban J connectivity index is 2.45. The summed E-state index contributed by atoms with van der Waals surface area (Å²) in [5, 5.41) is 11.0. The van der Waals surface area contributed by atoms with E-state index in [0.717, 1.165) is 0 Å². The third-order valence-corrected chi connectivity index (χ3v) is 5.24. The first-order valence-electron chi connectivity index (χ1n) is 5.60. The molecule has 4 nitrogen and oxygen atoms in total. The molecule has 0 saturated carbocycles. The lowest BCUT2D eigenvalue weighted by molar-refractivity contribution is -0.646. The monoisotopic (exact) mass is 297 g/mol. The van der Waals surface area contributed by atoms with E-state index < -0.39 is 15.1 Å². The van der Waals surface area contributed by atoms with Crippen molar-refractivity contribution < 1.29 is 13.1 Å². The Labute approximate surface area is 116 Å². The lowest BCUT2D eigenvalue weighted by atomic mass is 10.2. The summed E-state index contributed by atoms with van der Waals surface area (Å²) in [6.07, 6.45) is 1.17. The van der Waals surface area contributed by atoms with E-state index in [-0.39, 0.29) is 5.03 Å². The highest BCUT2D eigenvalue weighted by molar-refractivity contribution is 7.91. The maximum Gasteiger partial charge on any atom is 0.309 e. The fraction of sp³-hybridized carbons (Fsp3) is 0.154. The molecule has 2 aromatic rings. The predicted octanol–water partition coefficient (Wildman–Crippen LogP) is 2.51. The second-order valence-corrected chi connectivity index (χ2v) is 6.76. The molecule has 0 fully saturated rings. The van der Waals surface area contributed by atoms with Crippen LogP contribution in [0.5, 0.6) is 0 Å². The molecule has 2 rings (SSSR count). The molecule has 1 atom stereocenters. The molecular weight excluding hydrogens is 286 g/mol. The Kier molecular flexibility index (Phi) is 3.78. The maximum absolute atomic E-state index is 12.4. The molecule has 0 N–H and O–H groups in total. The Morgan fingerprint density at radius 3 is 2.37 bits per heavy atom. The number of halogens is 1. The summed E-state index contributed by atoms with van der Waals surface area (Å²) in [5.74, 6) is 0. The highest BCUT2D eigenvalue weighted by atomic mass is 35.5. The van der Waals surface area contributed by atoms with E-state index in [1.54, 1.807) is 31.2 Å². The standard InChI is InChI=1S/C13H12ClNO3S/c1-10(11-5-7-12(14)8-6-11)19(17,18)13-4-2-3-9-15(13)16/h2-10H,1H3. The summed E-state index contributed by atoms with van der Waals surface area (Å²) in [4.78, 5) is 0. The summed E-state index contributed by atoms with van der Waals surface area (Å²) in [6.45, 7) is 1.55. The van der Waals surface area contributed by atoms with Crippen molar-refractivity contribution >= 4 is 21.4 Å². The number of sulfone groups is 1. The van der Waals surface area contributed by atoms with Gasteiger partial charge in [-0.1, -0.05) is 23.7 Å². The van der Waals surface area contributed by atoms with Gasteiger partial charge in [-0.05, 0) is 30.7 Å². The smallest absolute Gasteiger partial charge is 0.309 e. The molecule has 1 aromatic carbocycles. The number of pyridine rings is 1. The van der Waals surface area contributed by atoms with Crippen LogP contribution in [0.3, 0.4) is 0 Å². The van der Waals surface area contributed by atoms with E-state index in [9.17, 15) is 13.6 Å². The van der Waals surface area contributed by atoms with Crippen LogP contribution in [0, 0.1) is 5.21 Å². The Morgan fingerprint density at radius 1 is 1.16 bits per heavy atom. The van der Waals surface area contributed by atoms with Crippen molar-refractivity contribution in [3.05, 3.63) is 64.5 Å². The van der Waals surface area contributed by atoms with Gasteiger partial charge in [0.1, 0.15) is 0 Å². The van der Waals surface area contributed by atoms with Gasteiger partial charge in [0.15, 0.2) is 6.20 Å². The quantitative estimate of drug-likeness (QED) is 0.646. The van der Waals surface area contributed by atoms with Gasteiger partial charge < -0.3 is 5.21 Å². The van der Waals surface area contributed by atoms with E-state index in [1.807, 2.05) is 0 Å². The van der Waals surface area contributed by atoms with Crippen LogP contribution in [0.1, 0.15) is 17.7 Å². The fourth-order valence-electron chi connectivity index (χ4n) is 1.73. The molecule has 0 aliphatic carbocycles. The number of benzene rings is 1. The van der Waals surface area contributed by atoms with Crippen molar-refractivity contribution in [1.82, 2.24) is 0 Å². The van der Waals surface area contributed by atoms with Gasteiger partial charge in [0, 0.05) is 17.2 Å². The van der Waals surface area contributed by atoms with Gasteiger partial charge in [0.2, 0.25) is 9.84 Å². The largest absolute Gasteiger partial charge is 0.618 e. The van der Waals surface area contributed by atoms with Crippen molar-refractivity contribution in [2.24, 2.45) is 0 Å². The minimum absolute atomic E-state index is 0.252. The van der Waals surface area contributed by atoms with Gasteiger partial charge in [-0.25, -0.2) is 8.42 Å². The Morgan fingerprint density at radius 2 is 1.79 bits per heavy atom. The van der Waals surface area contributed by atoms with Gasteiger partial charge in [0.05, 0.1) is 5.25 Å². The summed E-state index contributed by atoms with van der Waals surface area (Å²) >= 11 is 5.77. The first kappa shape index (κ1) is 13.8. The van der Waals surface area contributed by atoms with E-state index >= 15 is 0 Å². The van der Waals surface area contributed by atoms with Crippen LogP contribution in [-0.4, -0.2) is 8.42 Å². The zero-order valence-corrected chi connectivity index (χ0v) is 11.7. The minimum Gasteiger partial charge on any atom is -0.618 e. The SMILES string of the molecule is CC(c1ccc(Cl)cc1)S(=O)(=O)c1cccc[n+]1[O-]. The summed E-state index contributed by atoms with van der Waals surface area (Å²) in [5.41, 5.74) is 0.591. The third-order valence-electron chi connectivity index (χ3n) is 2.88. The molecule has 0 radical (unpaired) electrons. The number of aromatic nitrogens is 1. The molecule has 1 aromatic heterocycles. The molecule has 0 spiro atoms. The summed E-state index contributed by atoms with van der Waals surface area (Å²) in [7, 11) is -3.73. The topological polar surface area (TPSA) is 61.1 Å². The second-order valence-electron chi connectivity index (χ2n) is 4.10. The number of hydrogen-bond donors (Lipinski definition) is 0. The highest BCUT2D eigenvalue weighted by Crippen LogP contribution is 2.27. The van der Waals surface area contributed by atoms with Crippen LogP contribution in [0.4, 0.5) is 0 Å². The zero-order chi connectivity index (χ0) is 14.0. The van der Waals surface area contributed by atoms with Crippen LogP contribution in [0.15, 0.2) is 53.7 Å². The predicted molar refractivity (Wildman–Crippen MR) is 72.5 cm³/mol. The van der Waals surface area contributed by atoms with Gasteiger partial charge in [0.25, 0.3) is 0 Å². The van der Waals surface area contributed by atoms with Crippen molar-refractivity contribution in [1.29, 1.82) is 0 Å². The average Bonchev–Trinajstić information content (AvgIpc) is 2.39. The van der Waals surface area contributed by atoms with Crippen LogP contribution in [-0.2, 0) is 9.84 Å². The molecule has 1 heterocycles. The van der Waals surface area contributed by atoms with Crippen LogP contribution >= 0.6 is 11.6 Å². The highest BCUT2D eigenvalue weighted by Gasteiger charge is 2.31. The Hall–Kier alpha value is -1.59. The average molecular weight is 298 g/mol. The van der Waals surface area contributed by atoms with Gasteiger partial charge >= 0.3 is 5.03 Å². The van der Waals surface area contributed by atoms with Crippen molar-refractivity contribution in [2.75, 3.05) is 0 Å². The molecule has 19 heavy (non-hydrogen) atoms. The minimum atomic E-state index is -3.73. The first-order chi connectivity index (χ1) is 8.93. The van der Waals surface area contributed by atoms with Gasteiger partial charge in [-0.3, -0.25) is 0 Å². The van der Waals surface area contributed by atoms with Gasteiger partial charge in [-0.15, -0.1) is 0 Å². The van der Waals surface area contributed by atoms with Crippen molar-refractivity contribution in [3.63, 3.8) is 0 Å². The van der Waals surface area contributed by atoms with Gasteiger partial charge in [-0.2, -0.15) is 4.73 Å². The molecule has 0 aliphatic rings. The molecule has 100 valence electrons. The zero-order valence-electron chi connectivity index (χ0n) is 10.2. The van der Waals surface area contributed by atoms with E-state index in [0.29, 0.717) is 15.3 Å². The van der Waals surface area contributed by atoms with Crippen LogP contribution < -0.4 is 4.73 Å². The van der Waals surface area contributed by atoms with E-state index in [2.05, 4.69) is 0 Å². The number of hydrogen-bond acceptors (Lipinski definition) is 3. The molecule has 0 amide bonds. The lowest BCUT2D eigenvalue weighted by Gasteiger charge is -2.12. The van der Waals surface area contributed by atoms with Crippen molar-refractivity contribution in [3.8, 4) is 0 Å². The normalized spacial score (nSPS) is 13.2. The number of rotatable bonds is 3. The Bertz CT molecular complexity index is 683. The molecule has 0 aliphatic heterocycles. The molecule has 0 bridgehead atoms. The van der Waals surface area contributed by atoms with Crippen LogP contribution in [0.25, 0.3) is 0 Å². The first-order valence-corrected chi connectivity index (χ1v) is 7.53. The van der Waals surface area contributed by atoms with E-state index in [1.165, 1.54) is 24.4 Å². The van der Waals surface area contributed by atoms with Crippen molar-refractivity contribution in [2.45, 2.75) is 17.2 Å². The fourth-order valence-corrected chi connectivity index (χ4v) is 3.31.